The summed E-state index contributed by atoms with van der Waals surface area (Å²) in [5, 5.41) is 8.51. The van der Waals surface area contributed by atoms with Crippen LogP contribution in [0, 0.1) is 0 Å². The van der Waals surface area contributed by atoms with E-state index in [-0.39, 0.29) is 6.61 Å². The Hall–Kier alpha value is -1.35. The van der Waals surface area contributed by atoms with Gasteiger partial charge in [-0.2, -0.15) is 0 Å². The highest BCUT2D eigenvalue weighted by molar-refractivity contribution is 5.58. The third kappa shape index (κ3) is 2.05. The lowest BCUT2D eigenvalue weighted by molar-refractivity contribution is 0.343. The van der Waals surface area contributed by atoms with E-state index in [1.165, 1.54) is 6.08 Å². The molecule has 0 spiro atoms. The highest BCUT2D eigenvalue weighted by Gasteiger charge is 1.93. The number of aliphatic hydroxyl groups is 1. The number of hydrogen-bond donors (Lipinski definition) is 2. The van der Waals surface area contributed by atoms with Crippen LogP contribution in [-0.2, 0) is 0 Å². The van der Waals surface area contributed by atoms with E-state index in [4.69, 9.17) is 10.8 Å². The van der Waals surface area contributed by atoms with Gasteiger partial charge in [-0.05, 0) is 18.2 Å². The molecule has 1 aromatic rings. The van der Waals surface area contributed by atoms with Crippen molar-refractivity contribution < 1.29 is 5.11 Å². The summed E-state index contributed by atoms with van der Waals surface area (Å²) >= 11 is 0. The zero-order valence-electron chi connectivity index (χ0n) is 6.07. The van der Waals surface area contributed by atoms with Crippen LogP contribution < -0.4 is 5.73 Å². The Balaban J connectivity index is 2.85. The summed E-state index contributed by atoms with van der Waals surface area (Å²) in [6, 6.07) is 5.46. The van der Waals surface area contributed by atoms with Gasteiger partial charge < -0.3 is 10.8 Å². The largest absolute Gasteiger partial charge is 0.397 e. The van der Waals surface area contributed by atoms with Crippen LogP contribution >= 0.6 is 0 Å². The van der Waals surface area contributed by atoms with Gasteiger partial charge in [-0.15, -0.1) is 0 Å². The number of aliphatic hydroxyl groups excluding tert-OH is 1. The second-order valence-corrected chi connectivity index (χ2v) is 2.06. The molecular weight excluding hydrogens is 140 g/mol. The minimum Gasteiger partial charge on any atom is -0.397 e. The van der Waals surface area contributed by atoms with Crippen LogP contribution in [0.3, 0.4) is 0 Å². The van der Waals surface area contributed by atoms with Gasteiger partial charge in [-0.1, -0.05) is 6.07 Å². The molecule has 3 heteroatoms. The van der Waals surface area contributed by atoms with E-state index in [0.717, 1.165) is 0 Å². The molecule has 1 heterocycles. The Morgan fingerprint density at radius 2 is 2.45 bits per heavy atom. The van der Waals surface area contributed by atoms with E-state index in [1.54, 1.807) is 12.3 Å². The summed E-state index contributed by atoms with van der Waals surface area (Å²) in [5.74, 6) is 0. The predicted molar refractivity (Wildman–Crippen MR) is 43.5 cm³/mol. The van der Waals surface area contributed by atoms with Crippen molar-refractivity contribution in [3.05, 3.63) is 36.2 Å². The third-order valence-corrected chi connectivity index (χ3v) is 1.27. The van der Waals surface area contributed by atoms with Gasteiger partial charge in [0.15, 0.2) is 0 Å². The summed E-state index contributed by atoms with van der Waals surface area (Å²) in [5.41, 5.74) is 6.75. The van der Waals surface area contributed by atoms with Crippen LogP contribution in [0.4, 0.5) is 0 Å². The predicted octanol–water partition coefficient (Wildman–Crippen LogP) is 0.374. The van der Waals surface area contributed by atoms with Crippen molar-refractivity contribution in [3.63, 3.8) is 0 Å². The van der Waals surface area contributed by atoms with Gasteiger partial charge in [-0.25, -0.2) is 0 Å². The first-order chi connectivity index (χ1) is 5.34. The molecule has 3 N–H and O–H groups in total. The molecule has 0 unspecified atom stereocenters. The maximum absolute atomic E-state index is 8.51. The number of nitrogens with two attached hydrogens (primary N) is 1. The van der Waals surface area contributed by atoms with Crippen molar-refractivity contribution >= 4 is 5.70 Å². The first-order valence-corrected chi connectivity index (χ1v) is 3.32. The molecule has 58 valence electrons. The van der Waals surface area contributed by atoms with E-state index in [2.05, 4.69) is 4.98 Å². The van der Waals surface area contributed by atoms with Gasteiger partial charge in [0.1, 0.15) is 0 Å². The molecule has 0 aliphatic heterocycles. The van der Waals surface area contributed by atoms with E-state index in [0.29, 0.717) is 11.4 Å². The van der Waals surface area contributed by atoms with E-state index >= 15 is 0 Å². The number of pyridine rings is 1. The summed E-state index contributed by atoms with van der Waals surface area (Å²) in [6.07, 6.45) is 3.18. The quantitative estimate of drug-likeness (QED) is 0.640. The average Bonchev–Trinajstić information content (AvgIpc) is 2.07. The second-order valence-electron chi connectivity index (χ2n) is 2.06. The first kappa shape index (κ1) is 7.75. The maximum Gasteiger partial charge on any atom is 0.0856 e. The fourth-order valence-corrected chi connectivity index (χ4v) is 0.736. The fraction of sp³-hybridized carbons (Fsp3) is 0.125. The maximum atomic E-state index is 8.51. The van der Waals surface area contributed by atoms with Gasteiger partial charge in [0, 0.05) is 6.20 Å². The Morgan fingerprint density at radius 1 is 1.64 bits per heavy atom. The molecule has 11 heavy (non-hydrogen) atoms. The molecule has 0 atom stereocenters. The van der Waals surface area contributed by atoms with E-state index in [1.807, 2.05) is 12.1 Å². The molecule has 0 saturated carbocycles. The number of rotatable bonds is 2. The molecule has 1 rings (SSSR count). The van der Waals surface area contributed by atoms with Crippen LogP contribution in [0.1, 0.15) is 5.69 Å². The van der Waals surface area contributed by atoms with E-state index in [9.17, 15) is 0 Å². The molecule has 0 bridgehead atoms. The molecule has 1 aromatic heterocycles. The molecule has 0 aliphatic rings. The van der Waals surface area contributed by atoms with Gasteiger partial charge in [0.05, 0.1) is 18.0 Å². The molecule has 0 fully saturated rings. The zero-order valence-corrected chi connectivity index (χ0v) is 6.07. The fourth-order valence-electron chi connectivity index (χ4n) is 0.736. The number of nitrogens with zero attached hydrogens (tertiary/aromatic N) is 1. The van der Waals surface area contributed by atoms with Gasteiger partial charge in [-0.3, -0.25) is 4.98 Å². The highest BCUT2D eigenvalue weighted by Crippen LogP contribution is 2.02. The van der Waals surface area contributed by atoms with Crippen molar-refractivity contribution in [2.45, 2.75) is 0 Å². The highest BCUT2D eigenvalue weighted by atomic mass is 16.2. The van der Waals surface area contributed by atoms with E-state index < -0.39 is 0 Å². The van der Waals surface area contributed by atoms with Gasteiger partial charge in [0.2, 0.25) is 0 Å². The Labute approximate surface area is 65.2 Å². The minimum absolute atomic E-state index is 0.0532. The molecule has 0 aliphatic carbocycles. The Kier molecular flexibility index (Phi) is 2.63. The molecule has 0 saturated heterocycles. The lowest BCUT2D eigenvalue weighted by Crippen LogP contribution is -1.99. The Bertz CT molecular complexity index is 244. The van der Waals surface area contributed by atoms with Crippen molar-refractivity contribution in [3.8, 4) is 0 Å². The van der Waals surface area contributed by atoms with Crippen molar-refractivity contribution in [1.29, 1.82) is 0 Å². The van der Waals surface area contributed by atoms with Crippen molar-refractivity contribution in [1.82, 2.24) is 4.98 Å². The van der Waals surface area contributed by atoms with Crippen molar-refractivity contribution in [2.75, 3.05) is 6.61 Å². The summed E-state index contributed by atoms with van der Waals surface area (Å²) in [4.78, 5) is 3.99. The smallest absolute Gasteiger partial charge is 0.0856 e. The molecule has 0 aromatic carbocycles. The SMILES string of the molecule is NC(=CCO)c1ccccn1. The molecule has 0 amide bonds. The van der Waals surface area contributed by atoms with Crippen LogP contribution in [0.2, 0.25) is 0 Å². The number of aromatic nitrogens is 1. The topological polar surface area (TPSA) is 59.1 Å². The first-order valence-electron chi connectivity index (χ1n) is 3.32. The molecular formula is C8H10N2O. The standard InChI is InChI=1S/C8H10N2O/c9-7(4-6-11)8-3-1-2-5-10-8/h1-5,11H,6,9H2. The molecule has 0 radical (unpaired) electrons. The van der Waals surface area contributed by atoms with Crippen molar-refractivity contribution in [2.24, 2.45) is 5.73 Å². The molecule has 3 nitrogen and oxygen atoms in total. The normalized spacial score (nSPS) is 11.5. The zero-order chi connectivity index (χ0) is 8.10. The van der Waals surface area contributed by atoms with Gasteiger partial charge >= 0.3 is 0 Å². The van der Waals surface area contributed by atoms with Crippen LogP contribution in [0.25, 0.3) is 5.70 Å². The second kappa shape index (κ2) is 3.73. The Morgan fingerprint density at radius 3 is 3.00 bits per heavy atom. The van der Waals surface area contributed by atoms with Crippen LogP contribution in [-0.4, -0.2) is 16.7 Å². The lowest BCUT2D eigenvalue weighted by atomic mass is 10.3. The van der Waals surface area contributed by atoms with Gasteiger partial charge in [0.25, 0.3) is 0 Å². The number of hydrogen-bond acceptors (Lipinski definition) is 3. The average molecular weight is 150 g/mol. The summed E-state index contributed by atoms with van der Waals surface area (Å²) in [6.45, 7) is -0.0532. The monoisotopic (exact) mass is 150 g/mol. The van der Waals surface area contributed by atoms with Crippen LogP contribution in [0.15, 0.2) is 30.5 Å². The summed E-state index contributed by atoms with van der Waals surface area (Å²) in [7, 11) is 0. The lowest BCUT2D eigenvalue weighted by Gasteiger charge is -1.97. The summed E-state index contributed by atoms with van der Waals surface area (Å²) < 4.78 is 0. The minimum atomic E-state index is -0.0532. The van der Waals surface area contributed by atoms with Crippen LogP contribution in [0.5, 0.6) is 0 Å². The third-order valence-electron chi connectivity index (χ3n) is 1.27.